The first-order chi connectivity index (χ1) is 17.6. The van der Waals surface area contributed by atoms with Crippen molar-refractivity contribution in [1.29, 1.82) is 0 Å². The van der Waals surface area contributed by atoms with Crippen LogP contribution in [-0.4, -0.2) is 53.3 Å². The molecule has 0 saturated heterocycles. The zero-order chi connectivity index (χ0) is 25.6. The minimum absolute atomic E-state index is 0.152. The second-order valence-electron chi connectivity index (χ2n) is 8.42. The molecule has 8 heteroatoms. The van der Waals surface area contributed by atoms with Crippen molar-refractivity contribution in [3.8, 4) is 0 Å². The minimum atomic E-state index is -0.758. The van der Waals surface area contributed by atoms with Crippen LogP contribution in [0.1, 0.15) is 23.1 Å². The van der Waals surface area contributed by atoms with Crippen LogP contribution in [0.5, 0.6) is 0 Å². The van der Waals surface area contributed by atoms with Gasteiger partial charge in [0.1, 0.15) is 6.04 Å². The Hall–Kier alpha value is -4.04. The lowest BCUT2D eigenvalue weighted by atomic mass is 10.0. The van der Waals surface area contributed by atoms with Gasteiger partial charge in [-0.1, -0.05) is 66.7 Å². The van der Waals surface area contributed by atoms with Crippen LogP contribution in [0.2, 0.25) is 0 Å². The van der Waals surface area contributed by atoms with E-state index in [1.54, 1.807) is 17.3 Å². The Bertz CT molecular complexity index is 1090. The Balaban J connectivity index is 1.82. The number of nitrogens with one attached hydrogen (secondary N) is 2. The summed E-state index contributed by atoms with van der Waals surface area (Å²) in [5.41, 5.74) is 8.12. The van der Waals surface area contributed by atoms with Crippen molar-refractivity contribution < 1.29 is 14.4 Å². The van der Waals surface area contributed by atoms with E-state index in [1.807, 2.05) is 72.8 Å². The molecule has 0 saturated carbocycles. The van der Waals surface area contributed by atoms with E-state index in [-0.39, 0.29) is 50.2 Å². The molecule has 0 aliphatic rings. The molecule has 2 aromatic carbocycles. The Labute approximate surface area is 211 Å². The molecule has 1 unspecified atom stereocenters. The van der Waals surface area contributed by atoms with E-state index in [0.29, 0.717) is 13.0 Å². The Morgan fingerprint density at radius 3 is 2.17 bits per heavy atom. The van der Waals surface area contributed by atoms with E-state index < -0.39 is 6.04 Å². The van der Waals surface area contributed by atoms with Crippen LogP contribution < -0.4 is 16.4 Å². The van der Waals surface area contributed by atoms with Crippen molar-refractivity contribution in [3.05, 3.63) is 102 Å². The average molecular weight is 488 g/mol. The summed E-state index contributed by atoms with van der Waals surface area (Å²) in [6.45, 7) is 0.960. The van der Waals surface area contributed by atoms with E-state index in [0.717, 1.165) is 16.7 Å². The Morgan fingerprint density at radius 1 is 0.861 bits per heavy atom. The lowest BCUT2D eigenvalue weighted by Gasteiger charge is -2.31. The molecule has 3 aromatic rings. The monoisotopic (exact) mass is 487 g/mol. The summed E-state index contributed by atoms with van der Waals surface area (Å²) in [4.78, 5) is 44.6. The van der Waals surface area contributed by atoms with Gasteiger partial charge in [0, 0.05) is 51.4 Å². The van der Waals surface area contributed by atoms with Crippen LogP contribution in [0.25, 0.3) is 0 Å². The average Bonchev–Trinajstić information content (AvgIpc) is 2.90. The first-order valence-corrected chi connectivity index (χ1v) is 12.1. The van der Waals surface area contributed by atoms with E-state index in [1.165, 1.54) is 0 Å². The quantitative estimate of drug-likeness (QED) is 0.340. The highest BCUT2D eigenvalue weighted by Gasteiger charge is 2.30. The number of nitrogens with zero attached hydrogens (tertiary/aromatic N) is 2. The highest BCUT2D eigenvalue weighted by atomic mass is 16.2. The number of rotatable bonds is 13. The molecule has 188 valence electrons. The number of pyridine rings is 1. The second-order valence-corrected chi connectivity index (χ2v) is 8.42. The molecule has 36 heavy (non-hydrogen) atoms. The van der Waals surface area contributed by atoms with Crippen molar-refractivity contribution in [2.24, 2.45) is 5.73 Å². The summed E-state index contributed by atoms with van der Waals surface area (Å²) in [7, 11) is 0. The van der Waals surface area contributed by atoms with Gasteiger partial charge < -0.3 is 21.3 Å². The number of benzene rings is 2. The molecule has 1 heterocycles. The van der Waals surface area contributed by atoms with Crippen molar-refractivity contribution in [3.63, 3.8) is 0 Å². The molecule has 3 amide bonds. The standard InChI is InChI=1S/C28H33N5O3/c29-14-13-26(34)31-16-17-33(27(35)19-23-10-5-2-6-11-23)25(18-22-8-3-1-4-9-22)28(36)32-21-24-12-7-15-30-20-24/h1-12,15,20,25H,13-14,16-19,21,29H2,(H,31,34)(H,32,36). The number of hydrogen-bond acceptors (Lipinski definition) is 5. The molecule has 8 nitrogen and oxygen atoms in total. The second kappa shape index (κ2) is 14.4. The molecule has 4 N–H and O–H groups in total. The predicted octanol–water partition coefficient (Wildman–Crippen LogP) is 1.85. The smallest absolute Gasteiger partial charge is 0.243 e. The summed E-state index contributed by atoms with van der Waals surface area (Å²) in [5, 5.41) is 5.76. The lowest BCUT2D eigenvalue weighted by molar-refractivity contribution is -0.140. The molecule has 3 rings (SSSR count). The van der Waals surface area contributed by atoms with Crippen molar-refractivity contribution in [2.45, 2.75) is 31.8 Å². The first-order valence-electron chi connectivity index (χ1n) is 12.1. The van der Waals surface area contributed by atoms with Gasteiger partial charge >= 0.3 is 0 Å². The van der Waals surface area contributed by atoms with E-state index in [2.05, 4.69) is 15.6 Å². The van der Waals surface area contributed by atoms with Crippen LogP contribution in [-0.2, 0) is 33.8 Å². The third-order valence-corrected chi connectivity index (χ3v) is 5.71. The van der Waals surface area contributed by atoms with Crippen LogP contribution in [0.4, 0.5) is 0 Å². The number of carbonyl (C=O) groups is 3. The predicted molar refractivity (Wildman–Crippen MR) is 139 cm³/mol. The summed E-state index contributed by atoms with van der Waals surface area (Å²) in [5.74, 6) is -0.641. The molecule has 1 aromatic heterocycles. The fourth-order valence-corrected chi connectivity index (χ4v) is 3.85. The van der Waals surface area contributed by atoms with Crippen molar-refractivity contribution in [1.82, 2.24) is 20.5 Å². The van der Waals surface area contributed by atoms with Crippen molar-refractivity contribution in [2.75, 3.05) is 19.6 Å². The summed E-state index contributed by atoms with van der Waals surface area (Å²) < 4.78 is 0. The topological polar surface area (TPSA) is 117 Å². The normalized spacial score (nSPS) is 11.4. The van der Waals surface area contributed by atoms with E-state index >= 15 is 0 Å². The number of hydrogen-bond donors (Lipinski definition) is 3. The highest BCUT2D eigenvalue weighted by Crippen LogP contribution is 2.13. The number of amides is 3. The SMILES string of the molecule is NCCC(=O)NCCN(C(=O)Cc1ccccc1)C(Cc1ccccc1)C(=O)NCc1cccnc1. The van der Waals surface area contributed by atoms with Crippen LogP contribution in [0, 0.1) is 0 Å². The third kappa shape index (κ3) is 8.63. The number of aromatic nitrogens is 1. The fourth-order valence-electron chi connectivity index (χ4n) is 3.85. The number of carbonyl (C=O) groups excluding carboxylic acids is 3. The summed E-state index contributed by atoms with van der Waals surface area (Å²) in [6.07, 6.45) is 4.07. The van der Waals surface area contributed by atoms with Crippen molar-refractivity contribution >= 4 is 17.7 Å². The maximum atomic E-state index is 13.5. The van der Waals surface area contributed by atoms with Gasteiger partial charge in [0.2, 0.25) is 17.7 Å². The molecule has 0 bridgehead atoms. The molecule has 0 aliphatic carbocycles. The van der Waals surface area contributed by atoms with Gasteiger partial charge in [0.05, 0.1) is 6.42 Å². The van der Waals surface area contributed by atoms with Gasteiger partial charge in [-0.2, -0.15) is 0 Å². The summed E-state index contributed by atoms with van der Waals surface area (Å²) in [6, 6.07) is 21.9. The van der Waals surface area contributed by atoms with Gasteiger partial charge in [-0.25, -0.2) is 0 Å². The van der Waals surface area contributed by atoms with Crippen LogP contribution in [0.15, 0.2) is 85.2 Å². The maximum absolute atomic E-state index is 13.5. The molecular weight excluding hydrogens is 454 g/mol. The third-order valence-electron chi connectivity index (χ3n) is 5.71. The van der Waals surface area contributed by atoms with Crippen LogP contribution >= 0.6 is 0 Å². The summed E-state index contributed by atoms with van der Waals surface area (Å²) >= 11 is 0. The Kier molecular flexibility index (Phi) is 10.6. The largest absolute Gasteiger partial charge is 0.354 e. The van der Waals surface area contributed by atoms with Gasteiger partial charge in [-0.15, -0.1) is 0 Å². The highest BCUT2D eigenvalue weighted by molar-refractivity contribution is 5.89. The lowest BCUT2D eigenvalue weighted by Crippen LogP contribution is -2.53. The van der Waals surface area contributed by atoms with Crippen LogP contribution in [0.3, 0.4) is 0 Å². The first kappa shape index (κ1) is 26.6. The van der Waals surface area contributed by atoms with Gasteiger partial charge in [-0.3, -0.25) is 19.4 Å². The maximum Gasteiger partial charge on any atom is 0.243 e. The fraction of sp³-hybridized carbons (Fsp3) is 0.286. The van der Waals surface area contributed by atoms with Gasteiger partial charge in [0.15, 0.2) is 0 Å². The van der Waals surface area contributed by atoms with Gasteiger partial charge in [-0.05, 0) is 22.8 Å². The molecule has 1 atom stereocenters. The molecular formula is C28H33N5O3. The molecule has 0 fully saturated rings. The van der Waals surface area contributed by atoms with E-state index in [9.17, 15) is 14.4 Å². The number of nitrogens with two attached hydrogens (primary N) is 1. The zero-order valence-electron chi connectivity index (χ0n) is 20.3. The van der Waals surface area contributed by atoms with E-state index in [4.69, 9.17) is 5.73 Å². The van der Waals surface area contributed by atoms with Gasteiger partial charge in [0.25, 0.3) is 0 Å². The minimum Gasteiger partial charge on any atom is -0.354 e. The zero-order valence-corrected chi connectivity index (χ0v) is 20.3. The molecule has 0 aliphatic heterocycles. The molecule has 0 spiro atoms. The Morgan fingerprint density at radius 2 is 1.53 bits per heavy atom. The molecule has 0 radical (unpaired) electrons.